The van der Waals surface area contributed by atoms with E-state index in [1.54, 1.807) is 13.0 Å². The Balaban J connectivity index is 2.51. The zero-order valence-corrected chi connectivity index (χ0v) is 8.44. The average molecular weight is 196 g/mol. The van der Waals surface area contributed by atoms with Crippen LogP contribution in [0.3, 0.4) is 0 Å². The second-order valence-corrected chi connectivity index (χ2v) is 3.46. The van der Waals surface area contributed by atoms with Crippen molar-refractivity contribution in [2.24, 2.45) is 0 Å². The van der Waals surface area contributed by atoms with Gasteiger partial charge in [-0.05, 0) is 20.3 Å². The summed E-state index contributed by atoms with van der Waals surface area (Å²) in [5.74, 6) is 1.12. The first kappa shape index (κ1) is 10.7. The predicted molar refractivity (Wildman–Crippen MR) is 55.8 cm³/mol. The molecule has 0 aliphatic rings. The number of aliphatic hydroxyl groups is 1. The number of nitrogens with zero attached hydrogens (tertiary/aromatic N) is 2. The van der Waals surface area contributed by atoms with Gasteiger partial charge in [-0.25, -0.2) is 9.97 Å². The van der Waals surface area contributed by atoms with Crippen LogP contribution in [0.15, 0.2) is 12.4 Å². The van der Waals surface area contributed by atoms with Crippen LogP contribution in [0, 0.1) is 0 Å². The molecule has 5 nitrogen and oxygen atoms in total. The molecule has 0 saturated heterocycles. The monoisotopic (exact) mass is 196 g/mol. The van der Waals surface area contributed by atoms with E-state index in [2.05, 4.69) is 15.3 Å². The third-order valence-corrected chi connectivity index (χ3v) is 1.78. The Morgan fingerprint density at radius 1 is 1.50 bits per heavy atom. The fraction of sp³-hybridized carbons (Fsp3) is 0.556. The van der Waals surface area contributed by atoms with E-state index in [0.717, 1.165) is 0 Å². The molecule has 0 aliphatic carbocycles. The first-order chi connectivity index (χ1) is 6.58. The molecule has 0 fully saturated rings. The molecular formula is C9H16N4O. The lowest BCUT2D eigenvalue weighted by molar-refractivity contribution is 0.179. The van der Waals surface area contributed by atoms with E-state index < -0.39 is 0 Å². The van der Waals surface area contributed by atoms with Crippen LogP contribution in [0.1, 0.15) is 20.3 Å². The Kier molecular flexibility index (Phi) is 3.64. The summed E-state index contributed by atoms with van der Waals surface area (Å²) >= 11 is 0. The van der Waals surface area contributed by atoms with Crippen LogP contribution < -0.4 is 11.1 Å². The normalized spacial score (nSPS) is 14.8. The van der Waals surface area contributed by atoms with Gasteiger partial charge in [-0.15, -0.1) is 0 Å². The van der Waals surface area contributed by atoms with Crippen molar-refractivity contribution < 1.29 is 5.11 Å². The van der Waals surface area contributed by atoms with Crippen molar-refractivity contribution in [3.63, 3.8) is 0 Å². The summed E-state index contributed by atoms with van der Waals surface area (Å²) in [4.78, 5) is 7.79. The average Bonchev–Trinajstić information content (AvgIpc) is 2.01. The predicted octanol–water partition coefficient (Wildman–Crippen LogP) is 0.630. The van der Waals surface area contributed by atoms with Crippen molar-refractivity contribution in [1.82, 2.24) is 9.97 Å². The molecule has 14 heavy (non-hydrogen) atoms. The molecule has 1 aromatic rings. The zero-order valence-electron chi connectivity index (χ0n) is 8.44. The summed E-state index contributed by atoms with van der Waals surface area (Å²) in [6, 6.07) is 1.82. The van der Waals surface area contributed by atoms with Crippen molar-refractivity contribution in [2.45, 2.75) is 32.4 Å². The number of hydrogen-bond donors (Lipinski definition) is 3. The van der Waals surface area contributed by atoms with E-state index >= 15 is 0 Å². The van der Waals surface area contributed by atoms with E-state index in [9.17, 15) is 0 Å². The molecular weight excluding hydrogens is 180 g/mol. The molecule has 0 radical (unpaired) electrons. The minimum Gasteiger partial charge on any atom is -0.393 e. The van der Waals surface area contributed by atoms with Crippen molar-refractivity contribution in [3.8, 4) is 0 Å². The molecule has 5 heteroatoms. The maximum Gasteiger partial charge on any atom is 0.131 e. The molecule has 1 rings (SSSR count). The molecule has 0 aliphatic heterocycles. The quantitative estimate of drug-likeness (QED) is 0.657. The van der Waals surface area contributed by atoms with Gasteiger partial charge in [0.2, 0.25) is 0 Å². The Hall–Kier alpha value is -1.36. The van der Waals surface area contributed by atoms with Gasteiger partial charge in [-0.2, -0.15) is 0 Å². The van der Waals surface area contributed by atoms with E-state index in [-0.39, 0.29) is 12.1 Å². The standard InChI is InChI=1S/C9H16N4O/c1-6(3-7(2)14)13-9-4-8(10)11-5-12-9/h4-7,14H,3H2,1-2H3,(H3,10,11,12,13). The maximum absolute atomic E-state index is 9.16. The molecule has 0 amide bonds. The first-order valence-electron chi connectivity index (χ1n) is 4.60. The number of nitrogens with one attached hydrogen (secondary N) is 1. The van der Waals surface area contributed by atoms with E-state index in [0.29, 0.717) is 18.1 Å². The van der Waals surface area contributed by atoms with Gasteiger partial charge in [0.1, 0.15) is 18.0 Å². The second-order valence-electron chi connectivity index (χ2n) is 3.46. The second kappa shape index (κ2) is 4.76. The Morgan fingerprint density at radius 2 is 2.21 bits per heavy atom. The summed E-state index contributed by atoms with van der Waals surface area (Å²) in [5, 5.41) is 12.3. The highest BCUT2D eigenvalue weighted by atomic mass is 16.3. The molecule has 0 bridgehead atoms. The van der Waals surface area contributed by atoms with Gasteiger partial charge in [-0.1, -0.05) is 0 Å². The summed E-state index contributed by atoms with van der Waals surface area (Å²) in [5.41, 5.74) is 5.50. The molecule has 2 atom stereocenters. The van der Waals surface area contributed by atoms with Gasteiger partial charge in [0.05, 0.1) is 6.10 Å². The van der Waals surface area contributed by atoms with Crippen LogP contribution >= 0.6 is 0 Å². The van der Waals surface area contributed by atoms with Crippen LogP contribution in [0.25, 0.3) is 0 Å². The largest absolute Gasteiger partial charge is 0.393 e. The third kappa shape index (κ3) is 3.57. The Morgan fingerprint density at radius 3 is 2.79 bits per heavy atom. The van der Waals surface area contributed by atoms with Crippen molar-refractivity contribution in [2.75, 3.05) is 11.1 Å². The molecule has 0 spiro atoms. The summed E-state index contributed by atoms with van der Waals surface area (Å²) in [6.45, 7) is 3.73. The minimum atomic E-state index is -0.323. The fourth-order valence-electron chi connectivity index (χ4n) is 1.27. The number of nitrogens with two attached hydrogens (primary N) is 1. The lowest BCUT2D eigenvalue weighted by Crippen LogP contribution is -2.21. The molecule has 0 aromatic carbocycles. The number of hydrogen-bond acceptors (Lipinski definition) is 5. The van der Waals surface area contributed by atoms with Gasteiger partial charge in [0, 0.05) is 12.1 Å². The van der Waals surface area contributed by atoms with Gasteiger partial charge < -0.3 is 16.2 Å². The van der Waals surface area contributed by atoms with Crippen LogP contribution in [0.4, 0.5) is 11.6 Å². The van der Waals surface area contributed by atoms with Gasteiger partial charge in [0.25, 0.3) is 0 Å². The third-order valence-electron chi connectivity index (χ3n) is 1.78. The van der Waals surface area contributed by atoms with Crippen LogP contribution in [-0.4, -0.2) is 27.2 Å². The molecule has 0 saturated carbocycles. The number of aromatic nitrogens is 2. The molecule has 1 heterocycles. The lowest BCUT2D eigenvalue weighted by atomic mass is 10.1. The highest BCUT2D eigenvalue weighted by Gasteiger charge is 2.06. The van der Waals surface area contributed by atoms with Crippen LogP contribution in [0.5, 0.6) is 0 Å². The van der Waals surface area contributed by atoms with Gasteiger partial charge in [0.15, 0.2) is 0 Å². The molecule has 4 N–H and O–H groups in total. The highest BCUT2D eigenvalue weighted by Crippen LogP contribution is 2.08. The first-order valence-corrected chi connectivity index (χ1v) is 4.60. The maximum atomic E-state index is 9.16. The lowest BCUT2D eigenvalue weighted by Gasteiger charge is -2.15. The Bertz CT molecular complexity index is 290. The highest BCUT2D eigenvalue weighted by molar-refractivity contribution is 5.43. The molecule has 78 valence electrons. The van der Waals surface area contributed by atoms with Gasteiger partial charge >= 0.3 is 0 Å². The van der Waals surface area contributed by atoms with Crippen molar-refractivity contribution in [3.05, 3.63) is 12.4 Å². The van der Waals surface area contributed by atoms with E-state index in [1.807, 2.05) is 6.92 Å². The van der Waals surface area contributed by atoms with E-state index in [1.165, 1.54) is 6.33 Å². The van der Waals surface area contributed by atoms with Crippen LogP contribution in [-0.2, 0) is 0 Å². The number of rotatable bonds is 4. The topological polar surface area (TPSA) is 84.1 Å². The summed E-state index contributed by atoms with van der Waals surface area (Å²) in [6.07, 6.45) is 1.76. The smallest absolute Gasteiger partial charge is 0.131 e. The minimum absolute atomic E-state index is 0.157. The zero-order chi connectivity index (χ0) is 10.6. The summed E-state index contributed by atoms with van der Waals surface area (Å²) in [7, 11) is 0. The van der Waals surface area contributed by atoms with Crippen molar-refractivity contribution in [1.29, 1.82) is 0 Å². The summed E-state index contributed by atoms with van der Waals surface area (Å²) < 4.78 is 0. The number of aliphatic hydroxyl groups excluding tert-OH is 1. The van der Waals surface area contributed by atoms with E-state index in [4.69, 9.17) is 10.8 Å². The SMILES string of the molecule is CC(O)CC(C)Nc1cc(N)ncn1. The number of nitrogen functional groups attached to an aromatic ring is 1. The fourth-order valence-corrected chi connectivity index (χ4v) is 1.27. The Labute approximate surface area is 83.4 Å². The van der Waals surface area contributed by atoms with Crippen molar-refractivity contribution >= 4 is 11.6 Å². The van der Waals surface area contributed by atoms with Crippen LogP contribution in [0.2, 0.25) is 0 Å². The van der Waals surface area contributed by atoms with Gasteiger partial charge in [-0.3, -0.25) is 0 Å². The molecule has 2 unspecified atom stereocenters. The number of anilines is 2. The molecule has 1 aromatic heterocycles.